The number of nitrogens with zero attached hydrogens (tertiary/aromatic N) is 1. The Balaban J connectivity index is 1.62. The van der Waals surface area contributed by atoms with Crippen molar-refractivity contribution in [3.05, 3.63) is 65.2 Å². The van der Waals surface area contributed by atoms with Crippen LogP contribution in [0.1, 0.15) is 25.1 Å². The molecule has 3 rings (SSSR count). The molecule has 1 aromatic heterocycles. The fourth-order valence-corrected chi connectivity index (χ4v) is 4.12. The zero-order valence-corrected chi connectivity index (χ0v) is 20.0. The van der Waals surface area contributed by atoms with Gasteiger partial charge in [0.15, 0.2) is 11.5 Å². The van der Waals surface area contributed by atoms with E-state index in [0.29, 0.717) is 17.2 Å². The number of hydrogen-bond acceptors (Lipinski definition) is 7. The normalized spacial score (nSPS) is 11.7. The molecule has 7 nitrogen and oxygen atoms in total. The van der Waals surface area contributed by atoms with Crippen molar-refractivity contribution in [1.82, 2.24) is 10.3 Å². The smallest absolute Gasteiger partial charge is 0.329 e. The highest BCUT2D eigenvalue weighted by Crippen LogP contribution is 2.39. The van der Waals surface area contributed by atoms with Crippen LogP contribution < -0.4 is 14.8 Å². The Hall–Kier alpha value is -3.39. The highest BCUT2D eigenvalue weighted by molar-refractivity contribution is 7.13. The van der Waals surface area contributed by atoms with E-state index in [4.69, 9.17) is 14.2 Å². The van der Waals surface area contributed by atoms with Crippen molar-refractivity contribution in [2.45, 2.75) is 32.9 Å². The van der Waals surface area contributed by atoms with E-state index in [1.165, 1.54) is 11.3 Å². The van der Waals surface area contributed by atoms with Gasteiger partial charge in [0, 0.05) is 5.38 Å². The molecule has 3 aromatic rings. The molecule has 0 spiro atoms. The van der Waals surface area contributed by atoms with Crippen LogP contribution in [0.5, 0.6) is 11.5 Å². The molecule has 174 valence electrons. The van der Waals surface area contributed by atoms with Crippen molar-refractivity contribution in [2.75, 3.05) is 14.2 Å². The first-order valence-electron chi connectivity index (χ1n) is 10.6. The summed E-state index contributed by atoms with van der Waals surface area (Å²) in [6.45, 7) is 3.74. The summed E-state index contributed by atoms with van der Waals surface area (Å²) in [6.07, 6.45) is 0.204. The summed E-state index contributed by atoms with van der Waals surface area (Å²) >= 11 is 1.42. The average Bonchev–Trinajstić information content (AvgIpc) is 3.29. The number of amides is 1. The highest BCUT2D eigenvalue weighted by atomic mass is 32.1. The van der Waals surface area contributed by atoms with E-state index < -0.39 is 12.0 Å². The number of ether oxygens (including phenoxy) is 3. The maximum absolute atomic E-state index is 12.7. The van der Waals surface area contributed by atoms with Gasteiger partial charge >= 0.3 is 5.97 Å². The zero-order valence-electron chi connectivity index (χ0n) is 19.2. The molecule has 8 heteroatoms. The predicted octanol–water partition coefficient (Wildman–Crippen LogP) is 4.25. The molecule has 2 aromatic carbocycles. The minimum atomic E-state index is -0.738. The summed E-state index contributed by atoms with van der Waals surface area (Å²) in [7, 11) is 3.16. The van der Waals surface area contributed by atoms with Gasteiger partial charge in [-0.3, -0.25) is 4.79 Å². The van der Waals surface area contributed by atoms with Gasteiger partial charge in [0.25, 0.3) is 0 Å². The second kappa shape index (κ2) is 11.5. The topological polar surface area (TPSA) is 86.8 Å². The Morgan fingerprint density at radius 3 is 2.45 bits per heavy atom. The number of carbonyl (C=O) groups excluding carboxylic acids is 2. The molecule has 0 saturated heterocycles. The first-order chi connectivity index (χ1) is 15.9. The summed E-state index contributed by atoms with van der Waals surface area (Å²) < 4.78 is 16.3. The van der Waals surface area contributed by atoms with Gasteiger partial charge in [-0.15, -0.1) is 11.3 Å². The van der Waals surface area contributed by atoms with Gasteiger partial charge in [-0.2, -0.15) is 0 Å². The largest absolute Gasteiger partial charge is 0.493 e. The lowest BCUT2D eigenvalue weighted by Crippen LogP contribution is -2.45. The van der Waals surface area contributed by atoms with Gasteiger partial charge in [0.1, 0.15) is 17.7 Å². The summed E-state index contributed by atoms with van der Waals surface area (Å²) in [4.78, 5) is 29.7. The van der Waals surface area contributed by atoms with Crippen molar-refractivity contribution >= 4 is 23.2 Å². The fourth-order valence-electron chi connectivity index (χ4n) is 3.29. The number of aromatic nitrogens is 1. The van der Waals surface area contributed by atoms with E-state index in [0.717, 1.165) is 16.1 Å². The van der Waals surface area contributed by atoms with Gasteiger partial charge in [-0.25, -0.2) is 9.78 Å². The third-order valence-electron chi connectivity index (χ3n) is 4.99. The second-order valence-corrected chi connectivity index (χ2v) is 8.60. The number of hydrogen-bond donors (Lipinski definition) is 1. The molecule has 0 radical (unpaired) electrons. The van der Waals surface area contributed by atoms with Gasteiger partial charge < -0.3 is 19.5 Å². The summed E-state index contributed by atoms with van der Waals surface area (Å²) in [5.74, 6) is 0.380. The second-order valence-electron chi connectivity index (χ2n) is 7.74. The molecular formula is C25H28N2O5S. The van der Waals surface area contributed by atoms with Crippen LogP contribution in [0.25, 0.3) is 10.6 Å². The third-order valence-corrected chi connectivity index (χ3v) is 5.92. The zero-order chi connectivity index (χ0) is 23.8. The third kappa shape index (κ3) is 6.32. The van der Waals surface area contributed by atoms with E-state index in [-0.39, 0.29) is 24.9 Å². The molecule has 0 fully saturated rings. The lowest BCUT2D eigenvalue weighted by atomic mass is 10.0. The van der Waals surface area contributed by atoms with Gasteiger partial charge in [0.05, 0.1) is 31.9 Å². The first-order valence-corrected chi connectivity index (χ1v) is 11.5. The van der Waals surface area contributed by atoms with Crippen LogP contribution in [0.3, 0.4) is 0 Å². The number of rotatable bonds is 10. The van der Waals surface area contributed by atoms with Crippen molar-refractivity contribution in [3.63, 3.8) is 0 Å². The maximum Gasteiger partial charge on any atom is 0.329 e. The number of para-hydroxylation sites is 1. The van der Waals surface area contributed by atoms with Crippen LogP contribution in [0.4, 0.5) is 0 Å². The molecule has 33 heavy (non-hydrogen) atoms. The van der Waals surface area contributed by atoms with E-state index in [2.05, 4.69) is 10.3 Å². The number of benzene rings is 2. The number of methoxy groups -OCH3 is 2. The summed E-state index contributed by atoms with van der Waals surface area (Å²) in [5.41, 5.74) is 2.30. The van der Waals surface area contributed by atoms with Crippen LogP contribution in [-0.4, -0.2) is 37.1 Å². The Morgan fingerprint density at radius 2 is 1.79 bits per heavy atom. The van der Waals surface area contributed by atoms with Crippen LogP contribution >= 0.6 is 11.3 Å². The predicted molar refractivity (Wildman–Crippen MR) is 127 cm³/mol. The SMILES string of the molecule is COc1cccc(-c2nc(COC(=O)[C@@H](NC(=O)Cc3ccccc3)C(C)C)cs2)c1OC. The lowest BCUT2D eigenvalue weighted by Gasteiger charge is -2.20. The van der Waals surface area contributed by atoms with E-state index in [1.54, 1.807) is 14.2 Å². The maximum atomic E-state index is 12.7. The van der Waals surface area contributed by atoms with Crippen LogP contribution in [0.2, 0.25) is 0 Å². The number of carbonyl (C=O) groups is 2. The fraction of sp³-hybridized carbons (Fsp3) is 0.320. The quantitative estimate of drug-likeness (QED) is 0.448. The molecule has 0 aliphatic carbocycles. The standard InChI is InChI=1S/C25H28N2O5S/c1-16(2)22(27-21(28)13-17-9-6-5-7-10-17)25(29)32-14-18-15-33-24(26-18)19-11-8-12-20(30-3)23(19)31-4/h5-12,15-16,22H,13-14H2,1-4H3,(H,27,28)/t22-/m0/s1. The van der Waals surface area contributed by atoms with Crippen molar-refractivity contribution in [1.29, 1.82) is 0 Å². The minimum Gasteiger partial charge on any atom is -0.493 e. The molecule has 0 saturated carbocycles. The molecule has 0 aliphatic heterocycles. The lowest BCUT2D eigenvalue weighted by molar-refractivity contribution is -0.150. The van der Waals surface area contributed by atoms with Gasteiger partial charge in [-0.1, -0.05) is 50.2 Å². The summed E-state index contributed by atoms with van der Waals surface area (Å²) in [6, 6.07) is 14.2. The van der Waals surface area contributed by atoms with Crippen LogP contribution in [-0.2, 0) is 27.4 Å². The monoisotopic (exact) mass is 468 g/mol. The van der Waals surface area contributed by atoms with Crippen molar-refractivity contribution in [3.8, 4) is 22.1 Å². The van der Waals surface area contributed by atoms with E-state index in [1.807, 2.05) is 67.8 Å². The molecule has 0 bridgehead atoms. The highest BCUT2D eigenvalue weighted by Gasteiger charge is 2.26. The minimum absolute atomic E-state index is 0.0133. The van der Waals surface area contributed by atoms with Gasteiger partial charge in [0.2, 0.25) is 5.91 Å². The van der Waals surface area contributed by atoms with E-state index >= 15 is 0 Å². The molecule has 1 heterocycles. The molecule has 1 amide bonds. The number of nitrogens with one attached hydrogen (secondary N) is 1. The van der Waals surface area contributed by atoms with E-state index in [9.17, 15) is 9.59 Å². The van der Waals surface area contributed by atoms with Crippen LogP contribution in [0, 0.1) is 5.92 Å². The van der Waals surface area contributed by atoms with Crippen molar-refractivity contribution < 1.29 is 23.8 Å². The Kier molecular flexibility index (Phi) is 8.43. The summed E-state index contributed by atoms with van der Waals surface area (Å²) in [5, 5.41) is 5.36. The number of thiazole rings is 1. The van der Waals surface area contributed by atoms with Crippen molar-refractivity contribution in [2.24, 2.45) is 5.92 Å². The Bertz CT molecular complexity index is 1080. The van der Waals surface area contributed by atoms with Gasteiger partial charge in [-0.05, 0) is 23.6 Å². The molecule has 0 aliphatic rings. The molecule has 1 N–H and O–H groups in total. The Labute approximate surface area is 197 Å². The Morgan fingerprint density at radius 1 is 1.03 bits per heavy atom. The molecule has 0 unspecified atom stereocenters. The first kappa shape index (κ1) is 24.3. The van der Waals surface area contributed by atoms with Crippen LogP contribution in [0.15, 0.2) is 53.9 Å². The molecule has 1 atom stereocenters. The molecular weight excluding hydrogens is 440 g/mol. The average molecular weight is 469 g/mol. The number of esters is 1.